The highest BCUT2D eigenvalue weighted by atomic mass is 19.1. The molecule has 0 aliphatic carbocycles. The minimum absolute atomic E-state index is 0.336. The van der Waals surface area contributed by atoms with Crippen LogP contribution in [0, 0.1) is 11.6 Å². The zero-order valence-corrected chi connectivity index (χ0v) is 15.4. The van der Waals surface area contributed by atoms with Crippen molar-refractivity contribution in [3.05, 3.63) is 96.6 Å². The molecule has 144 valence electrons. The van der Waals surface area contributed by atoms with Crippen molar-refractivity contribution in [3.8, 4) is 33.8 Å². The summed E-state index contributed by atoms with van der Waals surface area (Å²) in [5, 5.41) is 0. The van der Waals surface area contributed by atoms with Crippen LogP contribution in [0.1, 0.15) is 0 Å². The quantitative estimate of drug-likeness (QED) is 0.406. The normalized spacial score (nSPS) is 10.7. The predicted octanol–water partition coefficient (Wildman–Crippen LogP) is 6.26. The van der Waals surface area contributed by atoms with Crippen molar-refractivity contribution in [3.63, 3.8) is 0 Å². The van der Waals surface area contributed by atoms with Crippen molar-refractivity contribution in [2.24, 2.45) is 0 Å². The maximum atomic E-state index is 14.0. The van der Waals surface area contributed by atoms with Crippen LogP contribution in [-0.4, -0.2) is 0 Å². The minimum atomic E-state index is -0.336. The lowest BCUT2D eigenvalue weighted by Crippen LogP contribution is -1.91. The second-order valence-corrected chi connectivity index (χ2v) is 6.63. The third-order valence-electron chi connectivity index (χ3n) is 4.55. The Bertz CT molecular complexity index is 1060. The molecule has 0 amide bonds. The molecule has 4 aromatic carbocycles. The molecule has 4 aromatic rings. The van der Waals surface area contributed by atoms with Crippen LogP contribution in [-0.2, 0) is 0 Å². The molecule has 4 N–H and O–H groups in total. The maximum absolute atomic E-state index is 14.0. The van der Waals surface area contributed by atoms with Crippen LogP contribution in [0.4, 0.5) is 20.2 Å². The Morgan fingerprint density at radius 2 is 0.897 bits per heavy atom. The number of nitrogen functional groups attached to an aromatic ring is 2. The average Bonchev–Trinajstić information content (AvgIpc) is 2.73. The summed E-state index contributed by atoms with van der Waals surface area (Å²) in [5.74, 6) is 0.524. The highest BCUT2D eigenvalue weighted by Crippen LogP contribution is 2.31. The van der Waals surface area contributed by atoms with Gasteiger partial charge in [-0.15, -0.1) is 0 Å². The summed E-state index contributed by atoms with van der Waals surface area (Å²) in [6, 6.07) is 23.0. The van der Waals surface area contributed by atoms with Crippen molar-refractivity contribution in [1.29, 1.82) is 0 Å². The van der Waals surface area contributed by atoms with Crippen LogP contribution >= 0.6 is 0 Å². The molecule has 0 saturated carbocycles. The number of hydrogen-bond donors (Lipinski definition) is 2. The molecule has 0 fully saturated rings. The number of benzene rings is 4. The first-order valence-electron chi connectivity index (χ1n) is 8.98. The summed E-state index contributed by atoms with van der Waals surface area (Å²) in [6.45, 7) is 0. The van der Waals surface area contributed by atoms with Gasteiger partial charge >= 0.3 is 0 Å². The van der Waals surface area contributed by atoms with E-state index in [9.17, 15) is 8.78 Å². The molecule has 29 heavy (non-hydrogen) atoms. The molecule has 0 heterocycles. The molecule has 0 aliphatic heterocycles. The van der Waals surface area contributed by atoms with E-state index in [2.05, 4.69) is 0 Å². The van der Waals surface area contributed by atoms with Gasteiger partial charge in [-0.25, -0.2) is 8.78 Å². The summed E-state index contributed by atoms with van der Waals surface area (Å²) in [4.78, 5) is 0. The second kappa shape index (κ2) is 7.64. The van der Waals surface area contributed by atoms with Crippen molar-refractivity contribution < 1.29 is 13.5 Å². The zero-order valence-electron chi connectivity index (χ0n) is 15.4. The van der Waals surface area contributed by atoms with Gasteiger partial charge in [-0.1, -0.05) is 24.3 Å². The van der Waals surface area contributed by atoms with E-state index in [-0.39, 0.29) is 11.6 Å². The van der Waals surface area contributed by atoms with E-state index in [0.717, 1.165) is 0 Å². The number of halogens is 2. The molecule has 0 saturated heterocycles. The molecule has 0 bridgehead atoms. The average molecular weight is 388 g/mol. The smallest absolute Gasteiger partial charge is 0.131 e. The standard InChI is InChI=1S/C24H18F2N2O/c25-23-11-5-17(27)13-21(23)15-1-7-19(8-2-15)29-20-9-3-16(4-10-20)22-14-18(28)6-12-24(22)26/h1-14H,27-28H2. The lowest BCUT2D eigenvalue weighted by molar-refractivity contribution is 0.483. The summed E-state index contributed by atoms with van der Waals surface area (Å²) in [6.07, 6.45) is 0. The van der Waals surface area contributed by atoms with Gasteiger partial charge in [0.2, 0.25) is 0 Å². The summed E-state index contributed by atoms with van der Waals surface area (Å²) in [7, 11) is 0. The number of ether oxygens (including phenoxy) is 1. The molecule has 0 spiro atoms. The molecule has 0 aromatic heterocycles. The summed E-state index contributed by atoms with van der Waals surface area (Å²) >= 11 is 0. The Morgan fingerprint density at radius 1 is 0.517 bits per heavy atom. The van der Waals surface area contributed by atoms with E-state index in [1.54, 1.807) is 60.7 Å². The SMILES string of the molecule is Nc1ccc(F)c(-c2ccc(Oc3ccc(-c4cc(N)ccc4F)cc3)cc2)c1. The third kappa shape index (κ3) is 4.04. The molecular weight excluding hydrogens is 370 g/mol. The van der Waals surface area contributed by atoms with E-state index in [4.69, 9.17) is 16.2 Å². The summed E-state index contributed by atoms with van der Waals surface area (Å²) in [5.41, 5.74) is 14.8. The number of nitrogens with two attached hydrogens (primary N) is 2. The highest BCUT2D eigenvalue weighted by Gasteiger charge is 2.08. The van der Waals surface area contributed by atoms with Gasteiger partial charge in [-0.05, 0) is 71.8 Å². The molecule has 0 aliphatic rings. The molecule has 3 nitrogen and oxygen atoms in total. The Hall–Kier alpha value is -3.86. The highest BCUT2D eigenvalue weighted by molar-refractivity contribution is 5.70. The van der Waals surface area contributed by atoms with E-state index in [1.807, 2.05) is 0 Å². The van der Waals surface area contributed by atoms with Gasteiger partial charge in [0.1, 0.15) is 23.1 Å². The Labute approximate surface area is 167 Å². The van der Waals surface area contributed by atoms with Gasteiger partial charge in [-0.3, -0.25) is 0 Å². The van der Waals surface area contributed by atoms with Gasteiger partial charge in [0.05, 0.1) is 0 Å². The largest absolute Gasteiger partial charge is 0.457 e. The van der Waals surface area contributed by atoms with Gasteiger partial charge < -0.3 is 16.2 Å². The van der Waals surface area contributed by atoms with Crippen molar-refractivity contribution in [2.75, 3.05) is 11.5 Å². The van der Waals surface area contributed by atoms with Crippen molar-refractivity contribution in [2.45, 2.75) is 0 Å². The predicted molar refractivity (Wildman–Crippen MR) is 113 cm³/mol. The van der Waals surface area contributed by atoms with Gasteiger partial charge in [0.15, 0.2) is 0 Å². The monoisotopic (exact) mass is 388 g/mol. The van der Waals surface area contributed by atoms with E-state index in [0.29, 0.717) is 45.1 Å². The zero-order chi connectivity index (χ0) is 20.4. The fourth-order valence-electron chi connectivity index (χ4n) is 3.07. The molecule has 4 rings (SSSR count). The fraction of sp³-hybridized carbons (Fsp3) is 0. The minimum Gasteiger partial charge on any atom is -0.457 e. The topological polar surface area (TPSA) is 61.3 Å². The van der Waals surface area contributed by atoms with Crippen LogP contribution in [0.25, 0.3) is 22.3 Å². The van der Waals surface area contributed by atoms with Gasteiger partial charge in [0, 0.05) is 22.5 Å². The van der Waals surface area contributed by atoms with Crippen LogP contribution in [0.2, 0.25) is 0 Å². The second-order valence-electron chi connectivity index (χ2n) is 6.63. The number of anilines is 2. The number of hydrogen-bond acceptors (Lipinski definition) is 3. The molecule has 5 heteroatoms. The van der Waals surface area contributed by atoms with Crippen LogP contribution in [0.5, 0.6) is 11.5 Å². The third-order valence-corrected chi connectivity index (χ3v) is 4.55. The van der Waals surface area contributed by atoms with Crippen molar-refractivity contribution >= 4 is 11.4 Å². The lowest BCUT2D eigenvalue weighted by atomic mass is 10.0. The van der Waals surface area contributed by atoms with Crippen LogP contribution in [0.3, 0.4) is 0 Å². The van der Waals surface area contributed by atoms with Crippen molar-refractivity contribution in [1.82, 2.24) is 0 Å². The summed E-state index contributed by atoms with van der Waals surface area (Å²) < 4.78 is 33.9. The van der Waals surface area contributed by atoms with Gasteiger partial charge in [0.25, 0.3) is 0 Å². The Morgan fingerprint density at radius 3 is 1.28 bits per heavy atom. The number of rotatable bonds is 4. The van der Waals surface area contributed by atoms with Crippen LogP contribution in [0.15, 0.2) is 84.9 Å². The first-order chi connectivity index (χ1) is 14.0. The Balaban J connectivity index is 1.52. The maximum Gasteiger partial charge on any atom is 0.131 e. The molecule has 0 atom stereocenters. The van der Waals surface area contributed by atoms with E-state index < -0.39 is 0 Å². The van der Waals surface area contributed by atoms with Gasteiger partial charge in [-0.2, -0.15) is 0 Å². The first kappa shape index (κ1) is 18.5. The fourth-order valence-corrected chi connectivity index (χ4v) is 3.07. The molecule has 0 unspecified atom stereocenters. The lowest BCUT2D eigenvalue weighted by Gasteiger charge is -2.10. The van der Waals surface area contributed by atoms with E-state index in [1.165, 1.54) is 24.3 Å². The molecule has 0 radical (unpaired) electrons. The Kier molecular flexibility index (Phi) is 4.87. The van der Waals surface area contributed by atoms with E-state index >= 15 is 0 Å². The van der Waals surface area contributed by atoms with Crippen LogP contribution < -0.4 is 16.2 Å². The molecular formula is C24H18F2N2O. The first-order valence-corrected chi connectivity index (χ1v) is 8.98.